The second-order valence-corrected chi connectivity index (χ2v) is 10.4. The maximum atomic E-state index is 12.6. The van der Waals surface area contributed by atoms with Crippen LogP contribution in [0, 0.1) is 0 Å². The maximum absolute atomic E-state index is 12.6. The second-order valence-electron chi connectivity index (χ2n) is 10.4. The third-order valence-electron chi connectivity index (χ3n) is 7.69. The topological polar surface area (TPSA) is 109 Å². The molecule has 4 N–H and O–H groups in total. The Balaban J connectivity index is 1.18. The quantitative estimate of drug-likeness (QED) is 0.434. The van der Waals surface area contributed by atoms with Gasteiger partial charge in [0.15, 0.2) is 0 Å². The third-order valence-corrected chi connectivity index (χ3v) is 7.69. The molecule has 0 unspecified atom stereocenters. The molecule has 0 aromatic heterocycles. The molecular weight excluding hydrogens is 470 g/mol. The minimum absolute atomic E-state index is 0.0221. The lowest BCUT2D eigenvalue weighted by molar-refractivity contribution is -0.142. The minimum Gasteiger partial charge on any atom is -0.487 e. The second kappa shape index (κ2) is 12.0. The largest absolute Gasteiger partial charge is 0.487 e. The summed E-state index contributed by atoms with van der Waals surface area (Å²) in [4.78, 5) is 25.2. The average Bonchev–Trinajstić information content (AvgIpc) is 3.27. The first-order valence-corrected chi connectivity index (χ1v) is 13.5. The van der Waals surface area contributed by atoms with Crippen LogP contribution in [0.1, 0.15) is 62.0 Å². The summed E-state index contributed by atoms with van der Waals surface area (Å²) < 4.78 is 12.2. The lowest BCUT2D eigenvalue weighted by Crippen LogP contribution is -2.47. The van der Waals surface area contributed by atoms with Gasteiger partial charge in [0.1, 0.15) is 18.0 Å². The van der Waals surface area contributed by atoms with Gasteiger partial charge in [-0.15, -0.1) is 0 Å². The van der Waals surface area contributed by atoms with Crippen LogP contribution in [0.3, 0.4) is 0 Å². The highest BCUT2D eigenvalue weighted by Crippen LogP contribution is 2.47. The molecule has 3 aliphatic rings. The number of anilines is 1. The van der Waals surface area contributed by atoms with Gasteiger partial charge in [-0.2, -0.15) is 0 Å². The lowest BCUT2D eigenvalue weighted by Gasteiger charge is -2.37. The molecular formula is C29H37N3O5. The number of hydrogen-bond donors (Lipinski definition) is 4. The standard InChI is InChI=1S/C29H37N3O5/c33-18-26-28-24(16-22(36-26)17-27(34)30-14-13-19-7-3-1-4-8-19)23-15-21(11-12-25(23)37-28)32-29(35)31-20-9-5-2-6-10-20/h1,3-4,7-8,11-12,15,20,22,24,26,28,33H,2,5-6,9-10,13-14,16-18H2,(H,30,34)(H2,31,32,35)/t22-,24+,26-,28-/m1/s1. The Morgan fingerprint density at radius 1 is 1.03 bits per heavy atom. The molecule has 1 aliphatic carbocycles. The SMILES string of the molecule is O=C(C[C@H]1C[C@H]2c3cc(NC(=O)NC4CCCCC4)ccc3O[C@H]2[C@@H](CO)O1)NCCc1ccccc1. The van der Waals surface area contributed by atoms with E-state index in [-0.39, 0.29) is 49.1 Å². The summed E-state index contributed by atoms with van der Waals surface area (Å²) >= 11 is 0. The number of aliphatic hydroxyl groups excluding tert-OH is 1. The van der Waals surface area contributed by atoms with Crippen molar-refractivity contribution >= 4 is 17.6 Å². The van der Waals surface area contributed by atoms with Crippen LogP contribution in [-0.2, 0) is 16.0 Å². The van der Waals surface area contributed by atoms with E-state index in [0.717, 1.165) is 43.4 Å². The highest BCUT2D eigenvalue weighted by molar-refractivity contribution is 5.89. The first-order chi connectivity index (χ1) is 18.1. The molecule has 8 nitrogen and oxygen atoms in total. The number of hydrogen-bond acceptors (Lipinski definition) is 5. The van der Waals surface area contributed by atoms with E-state index in [1.807, 2.05) is 48.5 Å². The average molecular weight is 508 g/mol. The van der Waals surface area contributed by atoms with Crippen LogP contribution in [0.4, 0.5) is 10.5 Å². The van der Waals surface area contributed by atoms with E-state index in [0.29, 0.717) is 18.7 Å². The third kappa shape index (κ3) is 6.43. The van der Waals surface area contributed by atoms with Crippen molar-refractivity contribution < 1.29 is 24.2 Å². The van der Waals surface area contributed by atoms with Crippen LogP contribution >= 0.6 is 0 Å². The highest BCUT2D eigenvalue weighted by atomic mass is 16.6. The minimum atomic E-state index is -0.515. The number of carbonyl (C=O) groups excluding carboxylic acids is 2. The zero-order valence-corrected chi connectivity index (χ0v) is 21.2. The molecule has 1 saturated heterocycles. The fourth-order valence-electron chi connectivity index (χ4n) is 5.84. The molecule has 2 aromatic carbocycles. The molecule has 3 amide bonds. The van der Waals surface area contributed by atoms with E-state index in [9.17, 15) is 14.7 Å². The summed E-state index contributed by atoms with van der Waals surface area (Å²) in [6, 6.07) is 15.7. The van der Waals surface area contributed by atoms with Gasteiger partial charge in [0.05, 0.1) is 19.1 Å². The van der Waals surface area contributed by atoms with Crippen molar-refractivity contribution in [3.8, 4) is 5.75 Å². The summed E-state index contributed by atoms with van der Waals surface area (Å²) in [6.45, 7) is 0.380. The van der Waals surface area contributed by atoms with Gasteiger partial charge >= 0.3 is 6.03 Å². The Kier molecular flexibility index (Phi) is 8.26. The molecule has 2 heterocycles. The Bertz CT molecular complexity index is 1070. The summed E-state index contributed by atoms with van der Waals surface area (Å²) in [6.07, 6.45) is 6.06. The van der Waals surface area contributed by atoms with Crippen LogP contribution in [0.25, 0.3) is 0 Å². The Morgan fingerprint density at radius 3 is 2.62 bits per heavy atom. The number of rotatable bonds is 8. The normalized spacial score (nSPS) is 24.9. The van der Waals surface area contributed by atoms with Gasteiger partial charge in [0.25, 0.3) is 0 Å². The van der Waals surface area contributed by atoms with Crippen molar-refractivity contribution in [2.24, 2.45) is 0 Å². The molecule has 5 rings (SSSR count). The van der Waals surface area contributed by atoms with Crippen molar-refractivity contribution in [3.05, 3.63) is 59.7 Å². The van der Waals surface area contributed by atoms with Gasteiger partial charge in [-0.05, 0) is 49.4 Å². The number of fused-ring (bicyclic) bond motifs is 3. The maximum Gasteiger partial charge on any atom is 0.319 e. The van der Waals surface area contributed by atoms with Gasteiger partial charge in [-0.1, -0.05) is 49.6 Å². The molecule has 2 fully saturated rings. The number of amides is 3. The van der Waals surface area contributed by atoms with Crippen molar-refractivity contribution in [2.45, 2.75) is 81.6 Å². The van der Waals surface area contributed by atoms with Crippen molar-refractivity contribution in [1.29, 1.82) is 0 Å². The zero-order chi connectivity index (χ0) is 25.6. The molecule has 8 heteroatoms. The van der Waals surface area contributed by atoms with E-state index >= 15 is 0 Å². The molecule has 2 aromatic rings. The molecule has 4 atom stereocenters. The molecule has 198 valence electrons. The number of carbonyl (C=O) groups is 2. The van der Waals surface area contributed by atoms with Crippen LogP contribution in [0.5, 0.6) is 5.75 Å². The summed E-state index contributed by atoms with van der Waals surface area (Å²) in [5, 5.41) is 19.0. The summed E-state index contributed by atoms with van der Waals surface area (Å²) in [5.74, 6) is 0.652. The van der Waals surface area contributed by atoms with E-state index in [2.05, 4.69) is 16.0 Å². The fraction of sp³-hybridized carbons (Fsp3) is 0.517. The predicted octanol–water partition coefficient (Wildman–Crippen LogP) is 3.88. The molecule has 0 spiro atoms. The first-order valence-electron chi connectivity index (χ1n) is 13.5. The Morgan fingerprint density at radius 2 is 1.84 bits per heavy atom. The fourth-order valence-corrected chi connectivity index (χ4v) is 5.84. The molecule has 1 saturated carbocycles. The van der Waals surface area contributed by atoms with E-state index < -0.39 is 6.10 Å². The van der Waals surface area contributed by atoms with Crippen LogP contribution in [-0.4, -0.2) is 54.6 Å². The van der Waals surface area contributed by atoms with Gasteiger partial charge in [-0.3, -0.25) is 4.79 Å². The zero-order valence-electron chi connectivity index (χ0n) is 21.2. The van der Waals surface area contributed by atoms with Crippen LogP contribution in [0.15, 0.2) is 48.5 Å². The number of aliphatic hydroxyl groups is 1. The van der Waals surface area contributed by atoms with E-state index in [4.69, 9.17) is 9.47 Å². The number of ether oxygens (including phenoxy) is 2. The smallest absolute Gasteiger partial charge is 0.319 e. The number of benzene rings is 2. The Hall–Kier alpha value is -3.10. The monoisotopic (exact) mass is 507 g/mol. The summed E-state index contributed by atoms with van der Waals surface area (Å²) in [5.41, 5.74) is 2.87. The van der Waals surface area contributed by atoms with Gasteiger partial charge < -0.3 is 30.5 Å². The number of urea groups is 1. The van der Waals surface area contributed by atoms with Crippen molar-refractivity contribution in [3.63, 3.8) is 0 Å². The van der Waals surface area contributed by atoms with Crippen LogP contribution < -0.4 is 20.7 Å². The lowest BCUT2D eigenvalue weighted by atomic mass is 9.84. The predicted molar refractivity (Wildman–Crippen MR) is 141 cm³/mol. The molecule has 37 heavy (non-hydrogen) atoms. The van der Waals surface area contributed by atoms with Crippen molar-refractivity contribution in [2.75, 3.05) is 18.5 Å². The van der Waals surface area contributed by atoms with Gasteiger partial charge in [-0.25, -0.2) is 4.79 Å². The highest BCUT2D eigenvalue weighted by Gasteiger charge is 2.46. The number of nitrogens with one attached hydrogen (secondary N) is 3. The van der Waals surface area contributed by atoms with Gasteiger partial charge in [0.2, 0.25) is 5.91 Å². The summed E-state index contributed by atoms with van der Waals surface area (Å²) in [7, 11) is 0. The van der Waals surface area contributed by atoms with Crippen molar-refractivity contribution in [1.82, 2.24) is 10.6 Å². The molecule has 0 radical (unpaired) electrons. The van der Waals surface area contributed by atoms with Gasteiger partial charge in [0, 0.05) is 29.8 Å². The molecule has 2 aliphatic heterocycles. The Labute approximate surface area is 218 Å². The van der Waals surface area contributed by atoms with E-state index in [1.54, 1.807) is 0 Å². The molecule has 0 bridgehead atoms. The van der Waals surface area contributed by atoms with E-state index in [1.165, 1.54) is 12.0 Å². The first kappa shape index (κ1) is 25.5. The van der Waals surface area contributed by atoms with Crippen LogP contribution in [0.2, 0.25) is 0 Å².